The van der Waals surface area contributed by atoms with E-state index in [2.05, 4.69) is 15.9 Å². The number of hydrogen-bond donors (Lipinski definition) is 1. The van der Waals surface area contributed by atoms with Gasteiger partial charge in [0.25, 0.3) is 0 Å². The molecule has 0 amide bonds. The first-order valence-electron chi connectivity index (χ1n) is 5.05. The van der Waals surface area contributed by atoms with E-state index in [0.717, 1.165) is 10.5 Å². The summed E-state index contributed by atoms with van der Waals surface area (Å²) in [6.07, 6.45) is -4.39. The molecule has 2 aromatic rings. The van der Waals surface area contributed by atoms with Gasteiger partial charge in [-0.2, -0.15) is 13.2 Å². The van der Waals surface area contributed by atoms with Gasteiger partial charge in [-0.05, 0) is 33.6 Å². The van der Waals surface area contributed by atoms with Crippen molar-refractivity contribution in [2.45, 2.75) is 12.2 Å². The van der Waals surface area contributed by atoms with Crippen molar-refractivity contribution in [3.05, 3.63) is 56.2 Å². The molecule has 0 saturated carbocycles. The van der Waals surface area contributed by atoms with Gasteiger partial charge in [-0.3, -0.25) is 0 Å². The molecule has 2 N–H and O–H groups in total. The molecule has 0 aliphatic rings. The van der Waals surface area contributed by atoms with E-state index >= 15 is 0 Å². The maximum atomic E-state index is 12.9. The number of thiophene rings is 1. The fourth-order valence-corrected chi connectivity index (χ4v) is 3.13. The van der Waals surface area contributed by atoms with Crippen LogP contribution >= 0.6 is 27.3 Å². The Balaban J connectivity index is 2.45. The Kier molecular flexibility index (Phi) is 3.79. The minimum atomic E-state index is -4.39. The van der Waals surface area contributed by atoms with E-state index in [9.17, 15) is 13.2 Å². The predicted octanol–water partition coefficient (Wildman–Crippen LogP) is 4.58. The van der Waals surface area contributed by atoms with E-state index < -0.39 is 17.8 Å². The molecule has 0 fully saturated rings. The maximum Gasteiger partial charge on any atom is 0.416 e. The first-order chi connectivity index (χ1) is 8.39. The number of rotatable bonds is 2. The molecular weight excluding hydrogens is 327 g/mol. The van der Waals surface area contributed by atoms with Gasteiger partial charge in [0.15, 0.2) is 0 Å². The molecule has 1 heterocycles. The van der Waals surface area contributed by atoms with Crippen molar-refractivity contribution < 1.29 is 13.2 Å². The molecule has 96 valence electrons. The van der Waals surface area contributed by atoms with Crippen molar-refractivity contribution in [3.63, 3.8) is 0 Å². The van der Waals surface area contributed by atoms with E-state index in [1.54, 1.807) is 17.5 Å². The molecule has 0 radical (unpaired) electrons. The summed E-state index contributed by atoms with van der Waals surface area (Å²) in [6.45, 7) is 0. The molecule has 0 bridgehead atoms. The molecule has 1 nitrogen and oxygen atoms in total. The van der Waals surface area contributed by atoms with Gasteiger partial charge in [-0.25, -0.2) is 0 Å². The first kappa shape index (κ1) is 13.6. The van der Waals surface area contributed by atoms with Gasteiger partial charge in [-0.1, -0.05) is 18.2 Å². The molecule has 18 heavy (non-hydrogen) atoms. The van der Waals surface area contributed by atoms with Crippen molar-refractivity contribution in [1.82, 2.24) is 0 Å². The zero-order chi connectivity index (χ0) is 13.3. The van der Waals surface area contributed by atoms with Crippen LogP contribution in [0.15, 0.2) is 40.2 Å². The highest BCUT2D eigenvalue weighted by atomic mass is 79.9. The highest BCUT2D eigenvalue weighted by Gasteiger charge is 2.34. The van der Waals surface area contributed by atoms with Crippen molar-refractivity contribution in [2.75, 3.05) is 0 Å². The molecule has 1 unspecified atom stereocenters. The van der Waals surface area contributed by atoms with E-state index in [1.165, 1.54) is 23.5 Å². The van der Waals surface area contributed by atoms with Gasteiger partial charge in [0.1, 0.15) is 0 Å². The Morgan fingerprint density at radius 1 is 1.22 bits per heavy atom. The van der Waals surface area contributed by atoms with E-state index in [0.29, 0.717) is 4.88 Å². The molecule has 0 saturated heterocycles. The summed E-state index contributed by atoms with van der Waals surface area (Å²) >= 11 is 4.60. The van der Waals surface area contributed by atoms with E-state index in [-0.39, 0.29) is 5.56 Å². The molecule has 1 aromatic carbocycles. The summed E-state index contributed by atoms with van der Waals surface area (Å²) in [5.41, 5.74) is 5.33. The smallest absolute Gasteiger partial charge is 0.320 e. The average molecular weight is 336 g/mol. The molecule has 1 aromatic heterocycles. The summed E-state index contributed by atoms with van der Waals surface area (Å²) in [7, 11) is 0. The van der Waals surface area contributed by atoms with Crippen LogP contribution < -0.4 is 5.73 Å². The lowest BCUT2D eigenvalue weighted by molar-refractivity contribution is -0.138. The quantitative estimate of drug-likeness (QED) is 0.854. The summed E-state index contributed by atoms with van der Waals surface area (Å²) in [5.74, 6) is 0. The zero-order valence-electron chi connectivity index (χ0n) is 9.04. The number of benzene rings is 1. The normalized spacial score (nSPS) is 13.6. The van der Waals surface area contributed by atoms with Crippen LogP contribution in [-0.4, -0.2) is 0 Å². The minimum absolute atomic E-state index is 0.0966. The Morgan fingerprint density at radius 3 is 2.44 bits per heavy atom. The topological polar surface area (TPSA) is 26.0 Å². The van der Waals surface area contributed by atoms with Crippen LogP contribution in [0.4, 0.5) is 13.2 Å². The van der Waals surface area contributed by atoms with E-state index in [4.69, 9.17) is 5.73 Å². The van der Waals surface area contributed by atoms with Gasteiger partial charge in [-0.15, -0.1) is 11.3 Å². The Labute approximate surface area is 115 Å². The maximum absolute atomic E-state index is 12.9. The largest absolute Gasteiger partial charge is 0.416 e. The lowest BCUT2D eigenvalue weighted by atomic mass is 9.99. The second-order valence-electron chi connectivity index (χ2n) is 3.73. The highest BCUT2D eigenvalue weighted by Crippen LogP contribution is 2.37. The summed E-state index contributed by atoms with van der Waals surface area (Å²) in [6, 6.07) is 6.37. The Morgan fingerprint density at radius 2 is 1.89 bits per heavy atom. The van der Waals surface area contributed by atoms with Crippen LogP contribution in [-0.2, 0) is 6.18 Å². The fraction of sp³-hybridized carbons (Fsp3) is 0.167. The van der Waals surface area contributed by atoms with Crippen LogP contribution in [0.1, 0.15) is 22.0 Å². The Hall–Kier alpha value is -0.850. The monoisotopic (exact) mass is 335 g/mol. The molecule has 0 aliphatic heterocycles. The number of hydrogen-bond acceptors (Lipinski definition) is 2. The minimum Gasteiger partial charge on any atom is -0.320 e. The molecule has 6 heteroatoms. The van der Waals surface area contributed by atoms with Crippen LogP contribution in [0.3, 0.4) is 0 Å². The Bertz CT molecular complexity index is 550. The number of nitrogens with two attached hydrogens (primary N) is 1. The molecule has 0 spiro atoms. The van der Waals surface area contributed by atoms with Crippen LogP contribution in [0.2, 0.25) is 0 Å². The van der Waals surface area contributed by atoms with Gasteiger partial charge in [0.2, 0.25) is 0 Å². The fourth-order valence-electron chi connectivity index (χ4n) is 1.67. The third-order valence-electron chi connectivity index (χ3n) is 2.50. The second kappa shape index (κ2) is 5.03. The standard InChI is InChI=1S/C12H9BrF3NS/c13-7-5-10(18-6-7)11(17)8-3-1-2-4-9(8)12(14,15)16/h1-6,11H,17H2. The van der Waals surface area contributed by atoms with Gasteiger partial charge in [0.05, 0.1) is 11.6 Å². The molecule has 1 atom stereocenters. The van der Waals surface area contributed by atoms with Crippen molar-refractivity contribution in [3.8, 4) is 0 Å². The SMILES string of the molecule is NC(c1cc(Br)cs1)c1ccccc1C(F)(F)F. The summed E-state index contributed by atoms with van der Waals surface area (Å²) in [5, 5.41) is 1.80. The second-order valence-corrected chi connectivity index (χ2v) is 5.59. The third-order valence-corrected chi connectivity index (χ3v) is 4.27. The number of halogens is 4. The van der Waals surface area contributed by atoms with Crippen molar-refractivity contribution >= 4 is 27.3 Å². The third kappa shape index (κ3) is 2.76. The lowest BCUT2D eigenvalue weighted by Gasteiger charge is -2.17. The number of alkyl halides is 3. The summed E-state index contributed by atoms with van der Waals surface area (Å²) in [4.78, 5) is 0.693. The van der Waals surface area contributed by atoms with Crippen molar-refractivity contribution in [2.24, 2.45) is 5.73 Å². The zero-order valence-corrected chi connectivity index (χ0v) is 11.4. The summed E-state index contributed by atoms with van der Waals surface area (Å²) < 4.78 is 39.4. The predicted molar refractivity (Wildman–Crippen MR) is 69.5 cm³/mol. The van der Waals surface area contributed by atoms with Gasteiger partial charge >= 0.3 is 6.18 Å². The van der Waals surface area contributed by atoms with Crippen molar-refractivity contribution in [1.29, 1.82) is 0 Å². The van der Waals surface area contributed by atoms with Gasteiger partial charge in [0, 0.05) is 14.7 Å². The van der Waals surface area contributed by atoms with Gasteiger partial charge < -0.3 is 5.73 Å². The molecule has 2 rings (SSSR count). The highest BCUT2D eigenvalue weighted by molar-refractivity contribution is 9.10. The lowest BCUT2D eigenvalue weighted by Crippen LogP contribution is -2.17. The molecular formula is C12H9BrF3NS. The van der Waals surface area contributed by atoms with Crippen LogP contribution in [0.25, 0.3) is 0 Å². The first-order valence-corrected chi connectivity index (χ1v) is 6.72. The van der Waals surface area contributed by atoms with Crippen LogP contribution in [0.5, 0.6) is 0 Å². The average Bonchev–Trinajstić information content (AvgIpc) is 2.74. The molecule has 0 aliphatic carbocycles. The van der Waals surface area contributed by atoms with E-state index in [1.807, 2.05) is 0 Å². The van der Waals surface area contributed by atoms with Crippen LogP contribution in [0, 0.1) is 0 Å².